The van der Waals surface area contributed by atoms with E-state index >= 15 is 0 Å². The molecule has 4 heteroatoms. The Morgan fingerprint density at radius 3 is 2.94 bits per heavy atom. The van der Waals surface area contributed by atoms with Crippen molar-refractivity contribution in [2.75, 3.05) is 18.4 Å². The smallest absolute Gasteiger partial charge is 0.239 e. The van der Waals surface area contributed by atoms with E-state index in [9.17, 15) is 4.79 Å². The molecule has 0 aromatic rings. The van der Waals surface area contributed by atoms with Crippen LogP contribution in [0.25, 0.3) is 0 Å². The second-order valence-electron chi connectivity index (χ2n) is 5.56. The van der Waals surface area contributed by atoms with E-state index in [-0.39, 0.29) is 11.9 Å². The molecule has 1 heterocycles. The molecule has 1 amide bonds. The van der Waals surface area contributed by atoms with E-state index in [1.807, 2.05) is 4.90 Å². The second kappa shape index (κ2) is 4.65. The number of nitrogens with two attached hydrogens (primary N) is 1. The normalized spacial score (nSPS) is 35.9. The number of halogens is 1. The first-order valence-electron chi connectivity index (χ1n) is 6.17. The van der Waals surface area contributed by atoms with Crippen LogP contribution >= 0.6 is 15.9 Å². The molecule has 0 bridgehead atoms. The van der Waals surface area contributed by atoms with Gasteiger partial charge in [-0.25, -0.2) is 0 Å². The van der Waals surface area contributed by atoms with E-state index in [0.29, 0.717) is 5.41 Å². The predicted molar refractivity (Wildman–Crippen MR) is 68.4 cm³/mol. The molecule has 2 N–H and O–H groups in total. The Morgan fingerprint density at radius 2 is 2.38 bits per heavy atom. The molecular formula is C12H21BrN2O. The number of amides is 1. The third kappa shape index (κ3) is 2.28. The van der Waals surface area contributed by atoms with Crippen LogP contribution in [0, 0.1) is 11.3 Å². The van der Waals surface area contributed by atoms with Crippen molar-refractivity contribution in [1.29, 1.82) is 0 Å². The van der Waals surface area contributed by atoms with Gasteiger partial charge in [-0.1, -0.05) is 15.9 Å². The van der Waals surface area contributed by atoms with E-state index in [0.717, 1.165) is 24.3 Å². The number of hydrogen-bond acceptors (Lipinski definition) is 2. The van der Waals surface area contributed by atoms with Crippen molar-refractivity contribution in [3.05, 3.63) is 0 Å². The summed E-state index contributed by atoms with van der Waals surface area (Å²) in [6.07, 6.45) is 5.05. The van der Waals surface area contributed by atoms with Gasteiger partial charge in [-0.3, -0.25) is 4.79 Å². The van der Waals surface area contributed by atoms with Crippen LogP contribution in [0.1, 0.15) is 32.6 Å². The highest BCUT2D eigenvalue weighted by atomic mass is 79.9. The summed E-state index contributed by atoms with van der Waals surface area (Å²) in [6, 6.07) is -0.344. The third-order valence-corrected chi connectivity index (χ3v) is 5.08. The number of carbonyl (C=O) groups excluding carboxylic acids is 1. The van der Waals surface area contributed by atoms with Crippen LogP contribution in [-0.4, -0.2) is 35.3 Å². The molecule has 0 aromatic heterocycles. The SMILES string of the molecule is C[C@@H](N)C(=O)N1CC[C@]2(CC[C@@H](CBr)C2)C1. The summed E-state index contributed by atoms with van der Waals surface area (Å²) in [4.78, 5) is 13.8. The van der Waals surface area contributed by atoms with Gasteiger partial charge >= 0.3 is 0 Å². The van der Waals surface area contributed by atoms with Gasteiger partial charge in [0.05, 0.1) is 6.04 Å². The minimum atomic E-state index is -0.344. The maximum Gasteiger partial charge on any atom is 0.239 e. The first-order valence-corrected chi connectivity index (χ1v) is 7.29. The van der Waals surface area contributed by atoms with Crippen molar-refractivity contribution in [3.63, 3.8) is 0 Å². The molecule has 1 spiro atoms. The van der Waals surface area contributed by atoms with Crippen molar-refractivity contribution in [2.24, 2.45) is 17.1 Å². The van der Waals surface area contributed by atoms with E-state index in [1.165, 1.54) is 25.7 Å². The Hall–Kier alpha value is -0.0900. The third-order valence-electron chi connectivity index (χ3n) is 4.16. The largest absolute Gasteiger partial charge is 0.341 e. The Morgan fingerprint density at radius 1 is 1.62 bits per heavy atom. The van der Waals surface area contributed by atoms with Gasteiger partial charge < -0.3 is 10.6 Å². The fourth-order valence-corrected chi connectivity index (χ4v) is 3.79. The minimum Gasteiger partial charge on any atom is -0.341 e. The molecule has 2 fully saturated rings. The summed E-state index contributed by atoms with van der Waals surface area (Å²) >= 11 is 3.57. The van der Waals surface area contributed by atoms with Crippen LogP contribution in [0.4, 0.5) is 0 Å². The molecule has 1 aliphatic carbocycles. The minimum absolute atomic E-state index is 0.124. The zero-order valence-corrected chi connectivity index (χ0v) is 11.5. The van der Waals surface area contributed by atoms with Crippen molar-refractivity contribution >= 4 is 21.8 Å². The summed E-state index contributed by atoms with van der Waals surface area (Å²) in [7, 11) is 0. The van der Waals surface area contributed by atoms with E-state index in [2.05, 4.69) is 15.9 Å². The molecular weight excluding hydrogens is 268 g/mol. The quantitative estimate of drug-likeness (QED) is 0.787. The van der Waals surface area contributed by atoms with Crippen molar-refractivity contribution < 1.29 is 4.79 Å². The second-order valence-corrected chi connectivity index (χ2v) is 6.21. The average molecular weight is 289 g/mol. The number of alkyl halides is 1. The summed E-state index contributed by atoms with van der Waals surface area (Å²) in [5.74, 6) is 0.935. The van der Waals surface area contributed by atoms with Crippen molar-refractivity contribution in [3.8, 4) is 0 Å². The van der Waals surface area contributed by atoms with Gasteiger partial charge in [0.1, 0.15) is 0 Å². The summed E-state index contributed by atoms with van der Waals surface area (Å²) in [5, 5.41) is 1.11. The lowest BCUT2D eigenvalue weighted by molar-refractivity contribution is -0.131. The van der Waals surface area contributed by atoms with Crippen LogP contribution in [0.2, 0.25) is 0 Å². The van der Waals surface area contributed by atoms with Crippen molar-refractivity contribution in [2.45, 2.75) is 38.6 Å². The Balaban J connectivity index is 1.95. The summed E-state index contributed by atoms with van der Waals surface area (Å²) in [5.41, 5.74) is 6.08. The van der Waals surface area contributed by atoms with Crippen LogP contribution in [0.5, 0.6) is 0 Å². The van der Waals surface area contributed by atoms with E-state index < -0.39 is 0 Å². The van der Waals surface area contributed by atoms with Gasteiger partial charge in [-0.2, -0.15) is 0 Å². The number of carbonyl (C=O) groups is 1. The highest BCUT2D eigenvalue weighted by molar-refractivity contribution is 9.09. The van der Waals surface area contributed by atoms with Crippen molar-refractivity contribution in [1.82, 2.24) is 4.90 Å². The fraction of sp³-hybridized carbons (Fsp3) is 0.917. The lowest BCUT2D eigenvalue weighted by Crippen LogP contribution is -2.41. The Labute approximate surface area is 106 Å². The maximum absolute atomic E-state index is 11.8. The monoisotopic (exact) mass is 288 g/mol. The summed E-state index contributed by atoms with van der Waals surface area (Å²) < 4.78 is 0. The van der Waals surface area contributed by atoms with Crippen LogP contribution in [0.15, 0.2) is 0 Å². The van der Waals surface area contributed by atoms with Crippen LogP contribution < -0.4 is 5.73 Å². The first kappa shape index (κ1) is 12.4. The highest BCUT2D eigenvalue weighted by Crippen LogP contribution is 2.48. The van der Waals surface area contributed by atoms with Crippen LogP contribution in [0.3, 0.4) is 0 Å². The first-order chi connectivity index (χ1) is 7.56. The molecule has 1 aliphatic heterocycles. The molecule has 92 valence electrons. The van der Waals surface area contributed by atoms with Gasteiger partial charge in [-0.15, -0.1) is 0 Å². The van der Waals surface area contributed by atoms with E-state index in [4.69, 9.17) is 5.73 Å². The molecule has 16 heavy (non-hydrogen) atoms. The van der Waals surface area contributed by atoms with Crippen LogP contribution in [-0.2, 0) is 4.79 Å². The zero-order valence-electron chi connectivity index (χ0n) is 9.92. The molecule has 3 nitrogen and oxygen atoms in total. The standard InChI is InChI=1S/C12H21BrN2O/c1-9(14)11(16)15-5-4-12(8-15)3-2-10(6-12)7-13/h9-10H,2-8,14H2,1H3/t9-,10-,12+/m1/s1. The fourth-order valence-electron chi connectivity index (χ4n) is 3.24. The van der Waals surface area contributed by atoms with Gasteiger partial charge in [0.25, 0.3) is 0 Å². The topological polar surface area (TPSA) is 46.3 Å². The molecule has 0 unspecified atom stereocenters. The lowest BCUT2D eigenvalue weighted by atomic mass is 9.85. The molecule has 2 rings (SSSR count). The number of rotatable bonds is 2. The average Bonchev–Trinajstić information content (AvgIpc) is 2.85. The predicted octanol–water partition coefficient (Wildman–Crippen LogP) is 1.75. The maximum atomic E-state index is 11.8. The molecule has 0 radical (unpaired) electrons. The number of likely N-dealkylation sites (tertiary alicyclic amines) is 1. The molecule has 0 aromatic carbocycles. The number of nitrogens with zero attached hydrogens (tertiary/aromatic N) is 1. The number of hydrogen-bond donors (Lipinski definition) is 1. The molecule has 2 aliphatic rings. The van der Waals surface area contributed by atoms with Gasteiger partial charge in [-0.05, 0) is 43.9 Å². The molecule has 1 saturated carbocycles. The highest BCUT2D eigenvalue weighted by Gasteiger charge is 2.44. The Bertz CT molecular complexity index is 282. The van der Waals surface area contributed by atoms with Gasteiger partial charge in [0.15, 0.2) is 0 Å². The lowest BCUT2D eigenvalue weighted by Gasteiger charge is -2.25. The van der Waals surface area contributed by atoms with Gasteiger partial charge in [0, 0.05) is 18.4 Å². The van der Waals surface area contributed by atoms with Gasteiger partial charge in [0.2, 0.25) is 5.91 Å². The Kier molecular flexibility index (Phi) is 3.59. The summed E-state index contributed by atoms with van der Waals surface area (Å²) in [6.45, 7) is 3.63. The molecule has 1 saturated heterocycles. The van der Waals surface area contributed by atoms with E-state index in [1.54, 1.807) is 6.92 Å². The zero-order chi connectivity index (χ0) is 11.8. The molecule has 3 atom stereocenters.